The number of anilines is 1. The normalized spacial score (nSPS) is 16.9. The van der Waals surface area contributed by atoms with Gasteiger partial charge in [0, 0.05) is 34.6 Å². The SMILES string of the molecule is Cc1[nH]nc2nc(-c3ccc(NS(=O)(=O)c4cc(Cl)ccc4F)cc3)nc(OC3CCCN(C(C)C)CC3)c12. The van der Waals surface area contributed by atoms with Gasteiger partial charge >= 0.3 is 0 Å². The number of H-pyrrole nitrogens is 1. The fourth-order valence-corrected chi connectivity index (χ4v) is 6.11. The number of aryl methyl sites for hydroxylation is 1. The van der Waals surface area contributed by atoms with Gasteiger partial charge < -0.3 is 9.64 Å². The first-order valence-corrected chi connectivity index (χ1v) is 14.7. The molecule has 0 amide bonds. The predicted octanol–water partition coefficient (Wildman–Crippen LogP) is 5.56. The van der Waals surface area contributed by atoms with Gasteiger partial charge in [-0.05, 0) is 89.0 Å². The zero-order chi connectivity index (χ0) is 27.7. The van der Waals surface area contributed by atoms with E-state index in [2.05, 4.69) is 38.7 Å². The van der Waals surface area contributed by atoms with Crippen molar-refractivity contribution in [1.82, 2.24) is 25.1 Å². The maximum atomic E-state index is 14.1. The van der Waals surface area contributed by atoms with Crippen molar-refractivity contribution in [3.8, 4) is 17.3 Å². The van der Waals surface area contributed by atoms with E-state index in [1.807, 2.05) is 6.92 Å². The van der Waals surface area contributed by atoms with Gasteiger partial charge in [0.25, 0.3) is 10.0 Å². The Bertz CT molecular complexity index is 1590. The molecule has 3 heterocycles. The summed E-state index contributed by atoms with van der Waals surface area (Å²) in [4.78, 5) is 11.3. The number of rotatable bonds is 7. The lowest BCUT2D eigenvalue weighted by Crippen LogP contribution is -2.32. The monoisotopic (exact) mass is 572 g/mol. The fourth-order valence-electron chi connectivity index (χ4n) is 4.71. The number of likely N-dealkylation sites (tertiary alicyclic amines) is 1. The molecule has 5 rings (SSSR count). The summed E-state index contributed by atoms with van der Waals surface area (Å²) in [6.07, 6.45) is 2.91. The van der Waals surface area contributed by atoms with Crippen molar-refractivity contribution in [3.05, 3.63) is 59.0 Å². The molecule has 1 aliphatic heterocycles. The molecule has 2 N–H and O–H groups in total. The smallest absolute Gasteiger partial charge is 0.264 e. The lowest BCUT2D eigenvalue weighted by atomic mass is 10.1. The Morgan fingerprint density at radius 2 is 1.90 bits per heavy atom. The van der Waals surface area contributed by atoms with Crippen molar-refractivity contribution in [1.29, 1.82) is 0 Å². The van der Waals surface area contributed by atoms with Gasteiger partial charge in [-0.2, -0.15) is 10.1 Å². The molecule has 2 aromatic heterocycles. The number of hydrogen-bond donors (Lipinski definition) is 2. The van der Waals surface area contributed by atoms with Crippen molar-refractivity contribution >= 4 is 38.3 Å². The number of nitrogens with zero attached hydrogens (tertiary/aromatic N) is 4. The van der Waals surface area contributed by atoms with Gasteiger partial charge in [-0.3, -0.25) is 9.82 Å². The largest absolute Gasteiger partial charge is 0.474 e. The summed E-state index contributed by atoms with van der Waals surface area (Å²) in [5, 5.41) is 8.16. The summed E-state index contributed by atoms with van der Waals surface area (Å²) >= 11 is 5.87. The molecule has 0 aliphatic carbocycles. The summed E-state index contributed by atoms with van der Waals surface area (Å²) in [5.41, 5.74) is 2.21. The van der Waals surface area contributed by atoms with E-state index < -0.39 is 20.7 Å². The van der Waals surface area contributed by atoms with E-state index in [-0.39, 0.29) is 16.8 Å². The zero-order valence-corrected chi connectivity index (χ0v) is 23.5. The molecule has 9 nitrogen and oxygen atoms in total. The van der Waals surface area contributed by atoms with Gasteiger partial charge in [0.1, 0.15) is 22.2 Å². The second kappa shape index (κ2) is 11.1. The maximum Gasteiger partial charge on any atom is 0.264 e. The first-order chi connectivity index (χ1) is 18.6. The van der Waals surface area contributed by atoms with Crippen molar-refractivity contribution in [3.63, 3.8) is 0 Å². The molecule has 1 atom stereocenters. The topological polar surface area (TPSA) is 113 Å². The lowest BCUT2D eigenvalue weighted by Gasteiger charge is -2.24. The van der Waals surface area contributed by atoms with Gasteiger partial charge in [0.05, 0.1) is 0 Å². The Balaban J connectivity index is 1.40. The number of aromatic nitrogens is 4. The highest BCUT2D eigenvalue weighted by atomic mass is 35.5. The molecule has 1 saturated heterocycles. The van der Waals surface area contributed by atoms with Crippen molar-refractivity contribution in [2.24, 2.45) is 0 Å². The number of hydrogen-bond acceptors (Lipinski definition) is 7. The number of sulfonamides is 1. The van der Waals surface area contributed by atoms with Crippen LogP contribution in [0.1, 0.15) is 38.8 Å². The van der Waals surface area contributed by atoms with Crippen LogP contribution in [0.5, 0.6) is 5.88 Å². The first-order valence-electron chi connectivity index (χ1n) is 12.8. The molecule has 1 aliphatic rings. The minimum atomic E-state index is -4.18. The zero-order valence-electron chi connectivity index (χ0n) is 21.9. The lowest BCUT2D eigenvalue weighted by molar-refractivity contribution is 0.170. The molecule has 0 saturated carbocycles. The van der Waals surface area contributed by atoms with Crippen LogP contribution in [-0.2, 0) is 10.0 Å². The van der Waals surface area contributed by atoms with Crippen LogP contribution >= 0.6 is 11.6 Å². The third kappa shape index (κ3) is 6.00. The van der Waals surface area contributed by atoms with Crippen LogP contribution < -0.4 is 9.46 Å². The van der Waals surface area contributed by atoms with E-state index in [0.29, 0.717) is 29.0 Å². The average Bonchev–Trinajstić information content (AvgIpc) is 3.11. The maximum absolute atomic E-state index is 14.1. The van der Waals surface area contributed by atoms with Crippen LogP contribution in [0.15, 0.2) is 47.4 Å². The highest BCUT2D eigenvalue weighted by molar-refractivity contribution is 7.92. The van der Waals surface area contributed by atoms with E-state index in [1.54, 1.807) is 24.3 Å². The van der Waals surface area contributed by atoms with E-state index in [9.17, 15) is 12.8 Å². The fraction of sp³-hybridized carbons (Fsp3) is 0.370. The number of benzene rings is 2. The second-order valence-electron chi connectivity index (χ2n) is 9.96. The summed E-state index contributed by atoms with van der Waals surface area (Å²) in [6.45, 7) is 8.34. The molecule has 1 unspecified atom stereocenters. The van der Waals surface area contributed by atoms with Crippen molar-refractivity contribution < 1.29 is 17.5 Å². The first kappa shape index (κ1) is 27.3. The molecule has 1 fully saturated rings. The number of ether oxygens (including phenoxy) is 1. The molecular formula is C27H30ClFN6O3S. The second-order valence-corrected chi connectivity index (χ2v) is 12.0. The van der Waals surface area contributed by atoms with Crippen LogP contribution in [0.3, 0.4) is 0 Å². The van der Waals surface area contributed by atoms with Gasteiger partial charge in [0.2, 0.25) is 5.88 Å². The molecule has 0 bridgehead atoms. The van der Waals surface area contributed by atoms with Crippen LogP contribution in [0.4, 0.5) is 10.1 Å². The number of halogens is 2. The number of aromatic amines is 1. The number of fused-ring (bicyclic) bond motifs is 1. The summed E-state index contributed by atoms with van der Waals surface area (Å²) in [7, 11) is -4.18. The van der Waals surface area contributed by atoms with E-state index >= 15 is 0 Å². The highest BCUT2D eigenvalue weighted by Gasteiger charge is 2.24. The van der Waals surface area contributed by atoms with Crippen LogP contribution in [0.25, 0.3) is 22.4 Å². The molecule has 0 spiro atoms. The molecule has 206 valence electrons. The third-order valence-electron chi connectivity index (χ3n) is 6.86. The number of nitrogens with one attached hydrogen (secondary N) is 2. The highest BCUT2D eigenvalue weighted by Crippen LogP contribution is 2.31. The van der Waals surface area contributed by atoms with Crippen molar-refractivity contribution in [2.45, 2.75) is 57.1 Å². The summed E-state index contributed by atoms with van der Waals surface area (Å²) in [5.74, 6) is -0.0141. The minimum absolute atomic E-state index is 0.0256. The standard InChI is InChI=1S/C27H30ClFN6O3S/c1-16(2)35-13-4-5-21(12-14-35)38-27-24-17(3)32-33-26(24)30-25(31-27)18-6-9-20(10-7-18)34-39(36,37)23-15-19(28)8-11-22(23)29/h6-11,15-16,21,34H,4-5,12-14H2,1-3H3,(H,30,31,32,33). The molecular weight excluding hydrogens is 543 g/mol. The van der Waals surface area contributed by atoms with Gasteiger partial charge in [-0.25, -0.2) is 17.8 Å². The van der Waals surface area contributed by atoms with Gasteiger partial charge in [0.15, 0.2) is 11.5 Å². The summed E-state index contributed by atoms with van der Waals surface area (Å²) in [6, 6.07) is 10.4. The Morgan fingerprint density at radius 1 is 1.13 bits per heavy atom. The van der Waals surface area contributed by atoms with Crippen LogP contribution in [0, 0.1) is 12.7 Å². The predicted molar refractivity (Wildman–Crippen MR) is 149 cm³/mol. The molecule has 39 heavy (non-hydrogen) atoms. The van der Waals surface area contributed by atoms with E-state index in [1.165, 1.54) is 6.07 Å². The molecule has 2 aromatic carbocycles. The van der Waals surface area contributed by atoms with E-state index in [0.717, 1.165) is 55.6 Å². The van der Waals surface area contributed by atoms with Crippen LogP contribution in [-0.4, -0.2) is 58.7 Å². The van der Waals surface area contributed by atoms with E-state index in [4.69, 9.17) is 21.3 Å². The summed E-state index contributed by atoms with van der Waals surface area (Å²) < 4.78 is 48.5. The average molecular weight is 573 g/mol. The quantitative estimate of drug-likeness (QED) is 0.298. The van der Waals surface area contributed by atoms with Gasteiger partial charge in [-0.1, -0.05) is 11.6 Å². The van der Waals surface area contributed by atoms with Crippen molar-refractivity contribution in [2.75, 3.05) is 17.8 Å². The molecule has 4 aromatic rings. The molecule has 0 radical (unpaired) electrons. The van der Waals surface area contributed by atoms with Gasteiger partial charge in [-0.15, -0.1) is 0 Å². The molecule has 12 heteroatoms. The Hall–Kier alpha value is -3.28. The Labute approximate surface area is 231 Å². The Kier molecular flexibility index (Phi) is 7.75. The Morgan fingerprint density at radius 3 is 2.64 bits per heavy atom. The van der Waals surface area contributed by atoms with Crippen LogP contribution in [0.2, 0.25) is 5.02 Å². The minimum Gasteiger partial charge on any atom is -0.474 e. The third-order valence-corrected chi connectivity index (χ3v) is 8.49.